The Balaban J connectivity index is 2.17. The lowest BCUT2D eigenvalue weighted by atomic mass is 10.1. The van der Waals surface area contributed by atoms with Gasteiger partial charge in [0.25, 0.3) is 5.91 Å². The monoisotopic (exact) mass is 297 g/mol. The molecule has 0 spiro atoms. The second-order valence-electron chi connectivity index (χ2n) is 4.13. The van der Waals surface area contributed by atoms with Crippen molar-refractivity contribution in [3.63, 3.8) is 0 Å². The first-order valence-corrected chi connectivity index (χ1v) is 6.78. The van der Waals surface area contributed by atoms with E-state index in [1.165, 1.54) is 18.4 Å². The molecular formula is C13H13F2N3OS. The highest BCUT2D eigenvalue weighted by atomic mass is 32.1. The molecule has 0 bridgehead atoms. The van der Waals surface area contributed by atoms with Crippen molar-refractivity contribution in [3.8, 4) is 0 Å². The molecule has 7 heteroatoms. The minimum atomic E-state index is -0.806. The lowest BCUT2D eigenvalue weighted by molar-refractivity contribution is 0.0939. The van der Waals surface area contributed by atoms with Crippen molar-refractivity contribution >= 4 is 22.9 Å². The van der Waals surface area contributed by atoms with E-state index in [-0.39, 0.29) is 17.3 Å². The fraction of sp³-hybridized carbons (Fsp3) is 0.231. The van der Waals surface area contributed by atoms with E-state index in [9.17, 15) is 13.6 Å². The fourth-order valence-electron chi connectivity index (χ4n) is 1.73. The first-order chi connectivity index (χ1) is 9.52. The summed E-state index contributed by atoms with van der Waals surface area (Å²) < 4.78 is 27.2. The SMILES string of the molecule is CNc1c(F)cc(C(=O)NC(C)c2nccs2)cc1F. The van der Waals surface area contributed by atoms with Crippen LogP contribution in [-0.2, 0) is 0 Å². The van der Waals surface area contributed by atoms with Crippen LogP contribution in [0.1, 0.15) is 28.3 Å². The van der Waals surface area contributed by atoms with E-state index in [1.807, 2.05) is 0 Å². The summed E-state index contributed by atoms with van der Waals surface area (Å²) in [7, 11) is 1.41. The van der Waals surface area contributed by atoms with E-state index < -0.39 is 17.5 Å². The normalized spacial score (nSPS) is 12.0. The van der Waals surface area contributed by atoms with E-state index in [0.717, 1.165) is 17.1 Å². The molecule has 20 heavy (non-hydrogen) atoms. The topological polar surface area (TPSA) is 54.0 Å². The Morgan fingerprint density at radius 1 is 1.35 bits per heavy atom. The summed E-state index contributed by atoms with van der Waals surface area (Å²) in [6, 6.07) is 1.68. The predicted octanol–water partition coefficient (Wildman–Crippen LogP) is 2.95. The molecule has 0 fully saturated rings. The Bertz CT molecular complexity index is 593. The summed E-state index contributed by atoms with van der Waals surface area (Å²) in [5.41, 5.74) is -0.322. The molecule has 0 aliphatic rings. The lowest BCUT2D eigenvalue weighted by Crippen LogP contribution is -2.26. The zero-order chi connectivity index (χ0) is 14.7. The van der Waals surface area contributed by atoms with Gasteiger partial charge < -0.3 is 10.6 Å². The minimum absolute atomic E-state index is 0.0672. The smallest absolute Gasteiger partial charge is 0.252 e. The Kier molecular flexibility index (Phi) is 4.29. The van der Waals surface area contributed by atoms with Gasteiger partial charge in [0, 0.05) is 24.2 Å². The van der Waals surface area contributed by atoms with Gasteiger partial charge in [-0.05, 0) is 19.1 Å². The number of thiazole rings is 1. The molecule has 0 aliphatic heterocycles. The van der Waals surface area contributed by atoms with Crippen molar-refractivity contribution in [2.24, 2.45) is 0 Å². The molecule has 1 heterocycles. The second kappa shape index (κ2) is 5.96. The number of carbonyl (C=O) groups excluding carboxylic acids is 1. The zero-order valence-electron chi connectivity index (χ0n) is 10.9. The van der Waals surface area contributed by atoms with E-state index in [2.05, 4.69) is 15.6 Å². The maximum atomic E-state index is 13.6. The van der Waals surface area contributed by atoms with Crippen molar-refractivity contribution in [2.45, 2.75) is 13.0 Å². The van der Waals surface area contributed by atoms with Crippen LogP contribution in [-0.4, -0.2) is 17.9 Å². The number of benzene rings is 1. The average Bonchev–Trinajstić information content (AvgIpc) is 2.92. The van der Waals surface area contributed by atoms with Crippen molar-refractivity contribution in [3.05, 3.63) is 45.9 Å². The zero-order valence-corrected chi connectivity index (χ0v) is 11.7. The quantitative estimate of drug-likeness (QED) is 0.912. The van der Waals surface area contributed by atoms with Crippen molar-refractivity contribution in [1.29, 1.82) is 0 Å². The Morgan fingerprint density at radius 3 is 2.50 bits per heavy atom. The largest absolute Gasteiger partial charge is 0.383 e. The van der Waals surface area contributed by atoms with Crippen LogP contribution in [0.2, 0.25) is 0 Å². The van der Waals surface area contributed by atoms with E-state index in [1.54, 1.807) is 18.5 Å². The molecule has 0 saturated carbocycles. The highest BCUT2D eigenvalue weighted by Gasteiger charge is 2.17. The molecule has 1 atom stereocenters. The summed E-state index contributed by atoms with van der Waals surface area (Å²) >= 11 is 1.40. The van der Waals surface area contributed by atoms with Crippen LogP contribution in [0.5, 0.6) is 0 Å². The van der Waals surface area contributed by atoms with Gasteiger partial charge in [-0.3, -0.25) is 4.79 Å². The van der Waals surface area contributed by atoms with Gasteiger partial charge in [-0.15, -0.1) is 11.3 Å². The molecule has 0 saturated heterocycles. The molecule has 2 rings (SSSR count). The first-order valence-electron chi connectivity index (χ1n) is 5.90. The highest BCUT2D eigenvalue weighted by Crippen LogP contribution is 2.21. The molecule has 1 unspecified atom stereocenters. The number of nitrogens with one attached hydrogen (secondary N) is 2. The number of hydrogen-bond acceptors (Lipinski definition) is 4. The first kappa shape index (κ1) is 14.4. The summed E-state index contributed by atoms with van der Waals surface area (Å²) in [4.78, 5) is 16.0. The summed E-state index contributed by atoms with van der Waals surface area (Å²) in [6.45, 7) is 1.76. The maximum absolute atomic E-state index is 13.6. The van der Waals surface area contributed by atoms with Crippen LogP contribution < -0.4 is 10.6 Å². The standard InChI is InChI=1S/C13H13F2N3OS/c1-7(13-17-3-4-20-13)18-12(19)8-5-9(14)11(16-2)10(15)6-8/h3-7,16H,1-2H3,(H,18,19). The predicted molar refractivity (Wildman–Crippen MR) is 73.9 cm³/mol. The third-order valence-corrected chi connectivity index (χ3v) is 3.68. The van der Waals surface area contributed by atoms with Gasteiger partial charge in [-0.1, -0.05) is 0 Å². The van der Waals surface area contributed by atoms with Crippen LogP contribution in [0.15, 0.2) is 23.7 Å². The fourth-order valence-corrected chi connectivity index (χ4v) is 2.38. The van der Waals surface area contributed by atoms with Gasteiger partial charge in [0.1, 0.15) is 22.3 Å². The summed E-state index contributed by atoms with van der Waals surface area (Å²) in [5, 5.41) is 7.57. The summed E-state index contributed by atoms with van der Waals surface area (Å²) in [6.07, 6.45) is 1.63. The van der Waals surface area contributed by atoms with Crippen molar-refractivity contribution in [2.75, 3.05) is 12.4 Å². The van der Waals surface area contributed by atoms with Crippen molar-refractivity contribution < 1.29 is 13.6 Å². The Hall–Kier alpha value is -2.02. The van der Waals surface area contributed by atoms with Gasteiger partial charge in [0.15, 0.2) is 0 Å². The van der Waals surface area contributed by atoms with Crippen LogP contribution >= 0.6 is 11.3 Å². The van der Waals surface area contributed by atoms with Gasteiger partial charge >= 0.3 is 0 Å². The van der Waals surface area contributed by atoms with E-state index >= 15 is 0 Å². The highest BCUT2D eigenvalue weighted by molar-refractivity contribution is 7.09. The number of nitrogens with zero attached hydrogens (tertiary/aromatic N) is 1. The molecule has 1 amide bonds. The number of amides is 1. The van der Waals surface area contributed by atoms with Gasteiger partial charge in [0.2, 0.25) is 0 Å². The van der Waals surface area contributed by atoms with Gasteiger partial charge in [0.05, 0.1) is 6.04 Å². The molecule has 1 aromatic heterocycles. The van der Waals surface area contributed by atoms with Crippen LogP contribution in [0, 0.1) is 11.6 Å². The number of hydrogen-bond donors (Lipinski definition) is 2. The summed E-state index contributed by atoms with van der Waals surface area (Å²) in [5.74, 6) is -2.16. The second-order valence-corrected chi connectivity index (χ2v) is 5.06. The molecule has 0 radical (unpaired) electrons. The number of carbonyl (C=O) groups is 1. The molecular weight excluding hydrogens is 284 g/mol. The molecule has 1 aromatic carbocycles. The number of anilines is 1. The molecule has 2 N–H and O–H groups in total. The third kappa shape index (κ3) is 2.93. The number of rotatable bonds is 4. The lowest BCUT2D eigenvalue weighted by Gasteiger charge is -2.12. The minimum Gasteiger partial charge on any atom is -0.383 e. The van der Waals surface area contributed by atoms with Gasteiger partial charge in [-0.25, -0.2) is 13.8 Å². The number of aromatic nitrogens is 1. The number of halogens is 2. The molecule has 106 valence electrons. The average molecular weight is 297 g/mol. The van der Waals surface area contributed by atoms with Crippen LogP contribution in [0.3, 0.4) is 0 Å². The molecule has 4 nitrogen and oxygen atoms in total. The molecule has 2 aromatic rings. The molecule has 0 aliphatic carbocycles. The Labute approximate surface area is 118 Å². The van der Waals surface area contributed by atoms with E-state index in [0.29, 0.717) is 0 Å². The van der Waals surface area contributed by atoms with E-state index in [4.69, 9.17) is 0 Å². The third-order valence-electron chi connectivity index (χ3n) is 2.72. The maximum Gasteiger partial charge on any atom is 0.252 e. The Morgan fingerprint density at radius 2 is 2.00 bits per heavy atom. The van der Waals surface area contributed by atoms with Crippen LogP contribution in [0.4, 0.5) is 14.5 Å². The van der Waals surface area contributed by atoms with Crippen LogP contribution in [0.25, 0.3) is 0 Å². The van der Waals surface area contributed by atoms with Gasteiger partial charge in [-0.2, -0.15) is 0 Å². The van der Waals surface area contributed by atoms with Crippen molar-refractivity contribution in [1.82, 2.24) is 10.3 Å².